The van der Waals surface area contributed by atoms with Crippen LogP contribution in [-0.2, 0) is 16.1 Å². The highest BCUT2D eigenvalue weighted by atomic mass is 35.5. The zero-order valence-corrected chi connectivity index (χ0v) is 11.4. The van der Waals surface area contributed by atoms with Gasteiger partial charge in [0.15, 0.2) is 0 Å². The quantitative estimate of drug-likeness (QED) is 0.895. The van der Waals surface area contributed by atoms with Crippen LogP contribution in [0.5, 0.6) is 0 Å². The summed E-state index contributed by atoms with van der Waals surface area (Å²) in [7, 11) is 1.77. The molecule has 0 bridgehead atoms. The monoisotopic (exact) mass is 274 g/mol. The third-order valence-electron chi connectivity index (χ3n) is 2.93. The maximum Gasteiger partial charge on any atom is 0.242 e. The Morgan fingerprint density at radius 3 is 3.00 bits per heavy atom. The highest BCUT2D eigenvalue weighted by Gasteiger charge is 2.30. The number of carbonyl (C=O) groups excluding carboxylic acids is 1. The Morgan fingerprint density at radius 2 is 2.39 bits per heavy atom. The van der Waals surface area contributed by atoms with Gasteiger partial charge < -0.3 is 19.4 Å². The number of hydrogen-bond acceptors (Lipinski definition) is 4. The van der Waals surface area contributed by atoms with E-state index in [0.29, 0.717) is 13.2 Å². The van der Waals surface area contributed by atoms with Crippen molar-refractivity contribution < 1.29 is 13.9 Å². The topological polar surface area (TPSA) is 54.7 Å². The van der Waals surface area contributed by atoms with Crippen molar-refractivity contribution in [2.75, 3.05) is 20.2 Å². The molecule has 1 aliphatic heterocycles. The van der Waals surface area contributed by atoms with Crippen LogP contribution >= 0.6 is 12.4 Å². The normalized spacial score (nSPS) is 23.2. The molecule has 0 unspecified atom stereocenters. The lowest BCUT2D eigenvalue weighted by Gasteiger charge is -2.32. The third kappa shape index (κ3) is 3.48. The van der Waals surface area contributed by atoms with E-state index in [-0.39, 0.29) is 30.5 Å². The molecule has 0 saturated carbocycles. The van der Waals surface area contributed by atoms with E-state index in [9.17, 15) is 4.79 Å². The van der Waals surface area contributed by atoms with Gasteiger partial charge in [-0.3, -0.25) is 4.79 Å². The van der Waals surface area contributed by atoms with Crippen molar-refractivity contribution in [3.8, 4) is 0 Å². The van der Waals surface area contributed by atoms with Gasteiger partial charge in [-0.05, 0) is 19.1 Å². The van der Waals surface area contributed by atoms with E-state index in [4.69, 9.17) is 9.15 Å². The first-order valence-electron chi connectivity index (χ1n) is 5.81. The van der Waals surface area contributed by atoms with Gasteiger partial charge in [-0.15, -0.1) is 12.4 Å². The second-order valence-corrected chi connectivity index (χ2v) is 4.28. The Kier molecular flexibility index (Phi) is 5.65. The van der Waals surface area contributed by atoms with Crippen LogP contribution in [0.1, 0.15) is 12.7 Å². The van der Waals surface area contributed by atoms with Crippen LogP contribution in [0.3, 0.4) is 0 Å². The van der Waals surface area contributed by atoms with Gasteiger partial charge in [-0.2, -0.15) is 0 Å². The SMILES string of the molecule is C[C@H]1OCCN[C@@H]1C(=O)N(C)Cc1ccco1.Cl. The van der Waals surface area contributed by atoms with Crippen LogP contribution in [0.4, 0.5) is 0 Å². The average Bonchev–Trinajstić information content (AvgIpc) is 2.81. The molecule has 1 aromatic rings. The Bertz CT molecular complexity index is 369. The molecule has 18 heavy (non-hydrogen) atoms. The minimum atomic E-state index is -0.260. The predicted octanol–water partition coefficient (Wildman–Crippen LogP) is 1.04. The number of nitrogens with one attached hydrogen (secondary N) is 1. The first kappa shape index (κ1) is 15.0. The van der Waals surface area contributed by atoms with E-state index in [1.165, 1.54) is 0 Å². The smallest absolute Gasteiger partial charge is 0.242 e. The number of amides is 1. The van der Waals surface area contributed by atoms with Crippen LogP contribution in [0.2, 0.25) is 0 Å². The zero-order valence-electron chi connectivity index (χ0n) is 10.6. The molecule has 1 N–H and O–H groups in total. The van der Waals surface area contributed by atoms with E-state index in [2.05, 4.69) is 5.32 Å². The average molecular weight is 275 g/mol. The van der Waals surface area contributed by atoms with Crippen molar-refractivity contribution >= 4 is 18.3 Å². The fourth-order valence-corrected chi connectivity index (χ4v) is 1.96. The second-order valence-electron chi connectivity index (χ2n) is 4.28. The first-order chi connectivity index (χ1) is 8.18. The molecule has 0 radical (unpaired) electrons. The number of hydrogen-bond donors (Lipinski definition) is 1. The maximum absolute atomic E-state index is 12.2. The van der Waals surface area contributed by atoms with Crippen LogP contribution in [-0.4, -0.2) is 43.2 Å². The van der Waals surface area contributed by atoms with Crippen LogP contribution in [0, 0.1) is 0 Å². The molecule has 1 aliphatic rings. The summed E-state index contributed by atoms with van der Waals surface area (Å²) in [4.78, 5) is 13.8. The zero-order chi connectivity index (χ0) is 12.3. The third-order valence-corrected chi connectivity index (χ3v) is 2.93. The van der Waals surface area contributed by atoms with E-state index in [1.54, 1.807) is 18.2 Å². The van der Waals surface area contributed by atoms with Crippen molar-refractivity contribution in [3.63, 3.8) is 0 Å². The lowest BCUT2D eigenvalue weighted by Crippen LogP contribution is -2.55. The molecule has 0 aliphatic carbocycles. The number of morpholine rings is 1. The van der Waals surface area contributed by atoms with Gasteiger partial charge in [0.05, 0.1) is 25.5 Å². The number of nitrogens with zero attached hydrogens (tertiary/aromatic N) is 1. The van der Waals surface area contributed by atoms with Crippen molar-refractivity contribution in [2.24, 2.45) is 0 Å². The number of ether oxygens (including phenoxy) is 1. The van der Waals surface area contributed by atoms with Gasteiger partial charge >= 0.3 is 0 Å². The van der Waals surface area contributed by atoms with E-state index in [1.807, 2.05) is 19.1 Å². The van der Waals surface area contributed by atoms with Crippen LogP contribution in [0.25, 0.3) is 0 Å². The summed E-state index contributed by atoms with van der Waals surface area (Å²) in [5, 5.41) is 3.18. The molecule has 6 heteroatoms. The maximum atomic E-state index is 12.2. The van der Waals surface area contributed by atoms with Gasteiger partial charge in [0, 0.05) is 13.6 Å². The largest absolute Gasteiger partial charge is 0.467 e. The fourth-order valence-electron chi connectivity index (χ4n) is 1.96. The molecular weight excluding hydrogens is 256 g/mol. The Morgan fingerprint density at radius 1 is 1.61 bits per heavy atom. The van der Waals surface area contributed by atoms with Gasteiger partial charge in [0.1, 0.15) is 11.8 Å². The Hall–Kier alpha value is -1.04. The van der Waals surface area contributed by atoms with Gasteiger partial charge in [0.2, 0.25) is 5.91 Å². The summed E-state index contributed by atoms with van der Waals surface area (Å²) >= 11 is 0. The number of halogens is 1. The minimum Gasteiger partial charge on any atom is -0.467 e. The van der Waals surface area contributed by atoms with E-state index < -0.39 is 0 Å². The van der Waals surface area contributed by atoms with E-state index in [0.717, 1.165) is 12.3 Å². The molecule has 2 rings (SSSR count). The molecule has 102 valence electrons. The fraction of sp³-hybridized carbons (Fsp3) is 0.583. The standard InChI is InChI=1S/C12H18N2O3.ClH/c1-9-11(13-5-7-16-9)12(15)14(2)8-10-4-3-6-17-10;/h3-4,6,9,11,13H,5,7-8H2,1-2H3;1H/t9-,11+;/m1./s1. The van der Waals surface area contributed by atoms with Crippen molar-refractivity contribution in [2.45, 2.75) is 25.6 Å². The molecule has 1 saturated heterocycles. The molecule has 1 fully saturated rings. The summed E-state index contributed by atoms with van der Waals surface area (Å²) in [6.45, 7) is 3.77. The van der Waals surface area contributed by atoms with Crippen LogP contribution < -0.4 is 5.32 Å². The Balaban J connectivity index is 0.00000162. The van der Waals surface area contributed by atoms with Gasteiger partial charge in [-0.1, -0.05) is 0 Å². The molecule has 1 aromatic heterocycles. The number of likely N-dealkylation sites (N-methyl/N-ethyl adjacent to an activating group) is 1. The number of carbonyl (C=O) groups is 1. The Labute approximate surface area is 113 Å². The van der Waals surface area contributed by atoms with E-state index >= 15 is 0 Å². The van der Waals surface area contributed by atoms with Crippen LogP contribution in [0.15, 0.2) is 22.8 Å². The summed E-state index contributed by atoms with van der Waals surface area (Å²) < 4.78 is 10.7. The van der Waals surface area contributed by atoms with Crippen molar-refractivity contribution in [1.82, 2.24) is 10.2 Å². The predicted molar refractivity (Wildman–Crippen MR) is 69.6 cm³/mol. The summed E-state index contributed by atoms with van der Waals surface area (Å²) in [5.41, 5.74) is 0. The summed E-state index contributed by atoms with van der Waals surface area (Å²) in [6.07, 6.45) is 1.52. The first-order valence-corrected chi connectivity index (χ1v) is 5.81. The molecule has 1 amide bonds. The lowest BCUT2D eigenvalue weighted by molar-refractivity contribution is -0.138. The highest BCUT2D eigenvalue weighted by Crippen LogP contribution is 2.10. The van der Waals surface area contributed by atoms with Crippen molar-refractivity contribution in [1.29, 1.82) is 0 Å². The molecule has 0 spiro atoms. The summed E-state index contributed by atoms with van der Waals surface area (Å²) in [6, 6.07) is 3.42. The highest BCUT2D eigenvalue weighted by molar-refractivity contribution is 5.85. The molecule has 5 nitrogen and oxygen atoms in total. The minimum absolute atomic E-state index is 0. The van der Waals surface area contributed by atoms with Gasteiger partial charge in [-0.25, -0.2) is 0 Å². The summed E-state index contributed by atoms with van der Waals surface area (Å²) in [5.74, 6) is 0.818. The number of furan rings is 1. The molecule has 0 aromatic carbocycles. The van der Waals surface area contributed by atoms with Gasteiger partial charge in [0.25, 0.3) is 0 Å². The molecule has 2 heterocycles. The second kappa shape index (κ2) is 6.78. The van der Waals surface area contributed by atoms with Crippen molar-refractivity contribution in [3.05, 3.63) is 24.2 Å². The number of rotatable bonds is 3. The molecule has 2 atom stereocenters. The lowest BCUT2D eigenvalue weighted by atomic mass is 10.1. The molecular formula is C12H19ClN2O3.